The third kappa shape index (κ3) is 2.31. The maximum Gasteiger partial charge on any atom is 0.419 e. The quantitative estimate of drug-likeness (QED) is 0.617. The average molecular weight is 208 g/mol. The van der Waals surface area contributed by atoms with Crippen LogP contribution in [0.4, 0.5) is 22.0 Å². The molecule has 5 heteroatoms. The van der Waals surface area contributed by atoms with Crippen LogP contribution in [-0.2, 0) is 0 Å². The maximum atomic E-state index is 12.4. The van der Waals surface area contributed by atoms with E-state index >= 15 is 0 Å². The molecular weight excluding hydrogens is 203 g/mol. The number of benzene rings is 1. The van der Waals surface area contributed by atoms with Crippen LogP contribution in [0, 0.1) is 5.82 Å². The third-order valence-electron chi connectivity index (χ3n) is 1.57. The van der Waals surface area contributed by atoms with Crippen molar-refractivity contribution in [2.24, 2.45) is 0 Å². The smallest absolute Gasteiger partial charge is 0.215 e. The monoisotopic (exact) mass is 208 g/mol. The van der Waals surface area contributed by atoms with Crippen LogP contribution in [0.3, 0.4) is 0 Å². The fraction of sp³-hybridized carbons (Fsp3) is 0.111. The van der Waals surface area contributed by atoms with Gasteiger partial charge in [-0.1, -0.05) is 12.1 Å². The summed E-state index contributed by atoms with van der Waals surface area (Å²) >= 11 is 0. The van der Waals surface area contributed by atoms with Gasteiger partial charge in [-0.2, -0.15) is 13.2 Å². The molecule has 1 rings (SSSR count). The molecule has 0 N–H and O–H groups in total. The normalized spacial score (nSPS) is 13.1. The molecular formula is C9H5F5. The fourth-order valence-corrected chi connectivity index (χ4v) is 0.918. The van der Waals surface area contributed by atoms with Crippen LogP contribution in [0.2, 0.25) is 0 Å². The molecule has 0 bridgehead atoms. The van der Waals surface area contributed by atoms with Crippen molar-refractivity contribution in [3.05, 3.63) is 42.0 Å². The van der Waals surface area contributed by atoms with Crippen LogP contribution in [-0.4, -0.2) is 6.18 Å². The molecule has 0 saturated carbocycles. The van der Waals surface area contributed by atoms with Crippen molar-refractivity contribution < 1.29 is 22.0 Å². The highest BCUT2D eigenvalue weighted by atomic mass is 19.4. The lowest BCUT2D eigenvalue weighted by Gasteiger charge is -2.09. The van der Waals surface area contributed by atoms with E-state index < -0.39 is 29.5 Å². The van der Waals surface area contributed by atoms with E-state index in [-0.39, 0.29) is 0 Å². The second-order valence-electron chi connectivity index (χ2n) is 2.53. The van der Waals surface area contributed by atoms with Gasteiger partial charge in [0, 0.05) is 0 Å². The Bertz CT molecular complexity index is 333. The molecule has 76 valence electrons. The van der Waals surface area contributed by atoms with Crippen molar-refractivity contribution in [2.45, 2.75) is 6.18 Å². The molecule has 0 fully saturated rings. The Kier molecular flexibility index (Phi) is 2.88. The summed E-state index contributed by atoms with van der Waals surface area (Å²) in [4.78, 5) is 0. The summed E-state index contributed by atoms with van der Waals surface area (Å²) in [6.07, 6.45) is -5.31. The standard InChI is InChI=1S/C9H5F5/c10-5-8(9(12,13)14)6-1-3-7(11)4-2-6/h1-5H. The third-order valence-corrected chi connectivity index (χ3v) is 1.57. The lowest BCUT2D eigenvalue weighted by molar-refractivity contribution is -0.0695. The zero-order valence-corrected chi connectivity index (χ0v) is 6.78. The number of hydrogen-bond acceptors (Lipinski definition) is 0. The van der Waals surface area contributed by atoms with E-state index in [1.807, 2.05) is 0 Å². The first-order valence-corrected chi connectivity index (χ1v) is 3.58. The second-order valence-corrected chi connectivity index (χ2v) is 2.53. The summed E-state index contributed by atoms with van der Waals surface area (Å²) in [5.74, 6) is -0.672. The van der Waals surface area contributed by atoms with E-state index in [0.29, 0.717) is 0 Å². The number of alkyl halides is 3. The topological polar surface area (TPSA) is 0 Å². The highest BCUT2D eigenvalue weighted by molar-refractivity contribution is 5.68. The molecule has 1 aromatic carbocycles. The van der Waals surface area contributed by atoms with E-state index in [1.165, 1.54) is 0 Å². The molecule has 0 unspecified atom stereocenters. The van der Waals surface area contributed by atoms with Crippen molar-refractivity contribution in [3.63, 3.8) is 0 Å². The fourth-order valence-electron chi connectivity index (χ4n) is 0.918. The Labute approximate surface area is 76.7 Å². The molecule has 0 atom stereocenters. The molecule has 14 heavy (non-hydrogen) atoms. The van der Waals surface area contributed by atoms with Crippen LogP contribution < -0.4 is 0 Å². The van der Waals surface area contributed by atoms with Crippen LogP contribution in [0.5, 0.6) is 0 Å². The summed E-state index contributed by atoms with van der Waals surface area (Å²) < 4.78 is 60.6. The van der Waals surface area contributed by atoms with Crippen LogP contribution in [0.25, 0.3) is 5.57 Å². The van der Waals surface area contributed by atoms with Gasteiger partial charge in [-0.05, 0) is 17.7 Å². The van der Waals surface area contributed by atoms with Gasteiger partial charge in [0.25, 0.3) is 0 Å². The summed E-state index contributed by atoms with van der Waals surface area (Å²) in [5, 5.41) is 0. The number of hydrogen-bond donors (Lipinski definition) is 0. The molecule has 0 aliphatic carbocycles. The lowest BCUT2D eigenvalue weighted by Crippen LogP contribution is -2.10. The predicted molar refractivity (Wildman–Crippen MR) is 41.5 cm³/mol. The van der Waals surface area contributed by atoms with Crippen LogP contribution >= 0.6 is 0 Å². The Morgan fingerprint density at radius 2 is 1.57 bits per heavy atom. The minimum absolute atomic E-state index is 0.401. The molecule has 0 amide bonds. The molecule has 0 nitrogen and oxygen atoms in total. The zero-order valence-electron chi connectivity index (χ0n) is 6.78. The SMILES string of the molecule is FC=C(c1ccc(F)cc1)C(F)(F)F. The van der Waals surface area contributed by atoms with Gasteiger partial charge in [-0.25, -0.2) is 8.78 Å². The van der Waals surface area contributed by atoms with Gasteiger partial charge in [0.1, 0.15) is 5.82 Å². The van der Waals surface area contributed by atoms with Crippen molar-refractivity contribution in [3.8, 4) is 0 Å². The first kappa shape index (κ1) is 10.7. The summed E-state index contributed by atoms with van der Waals surface area (Å²) in [5.41, 5.74) is -1.82. The molecule has 0 spiro atoms. The zero-order chi connectivity index (χ0) is 10.8. The highest BCUT2D eigenvalue weighted by Gasteiger charge is 2.34. The van der Waals surface area contributed by atoms with Gasteiger partial charge in [-0.15, -0.1) is 0 Å². The van der Waals surface area contributed by atoms with E-state index in [0.717, 1.165) is 24.3 Å². The Morgan fingerprint density at radius 1 is 1.07 bits per heavy atom. The molecule has 1 aromatic rings. The molecule has 0 aromatic heterocycles. The molecule has 0 aliphatic heterocycles. The molecule has 0 aliphatic rings. The van der Waals surface area contributed by atoms with Gasteiger partial charge in [0.05, 0.1) is 11.9 Å². The Morgan fingerprint density at radius 3 is 1.93 bits per heavy atom. The van der Waals surface area contributed by atoms with Crippen molar-refractivity contribution >= 4 is 5.57 Å². The van der Waals surface area contributed by atoms with Gasteiger partial charge in [0.2, 0.25) is 0 Å². The minimum atomic E-state index is -4.77. The van der Waals surface area contributed by atoms with Crippen LogP contribution in [0.1, 0.15) is 5.56 Å². The predicted octanol–water partition coefficient (Wildman–Crippen LogP) is 3.70. The second kappa shape index (κ2) is 3.77. The summed E-state index contributed by atoms with van der Waals surface area (Å²) in [7, 11) is 0. The summed E-state index contributed by atoms with van der Waals surface area (Å²) in [6, 6.07) is 3.41. The molecule has 0 radical (unpaired) electrons. The molecule has 0 heterocycles. The number of halogens is 5. The first-order chi connectivity index (χ1) is 6.45. The maximum absolute atomic E-state index is 12.4. The largest absolute Gasteiger partial charge is 0.419 e. The van der Waals surface area contributed by atoms with Gasteiger partial charge in [0.15, 0.2) is 0 Å². The Hall–Kier alpha value is -1.39. The van der Waals surface area contributed by atoms with Crippen LogP contribution in [0.15, 0.2) is 30.6 Å². The van der Waals surface area contributed by atoms with Gasteiger partial charge >= 0.3 is 6.18 Å². The van der Waals surface area contributed by atoms with Gasteiger partial charge < -0.3 is 0 Å². The summed E-state index contributed by atoms with van der Waals surface area (Å²) in [6.45, 7) is 0. The highest BCUT2D eigenvalue weighted by Crippen LogP contribution is 2.33. The average Bonchev–Trinajstić information content (AvgIpc) is 2.07. The minimum Gasteiger partial charge on any atom is -0.215 e. The van der Waals surface area contributed by atoms with Crippen molar-refractivity contribution in [1.29, 1.82) is 0 Å². The Balaban J connectivity index is 3.10. The molecule has 0 saturated heterocycles. The van der Waals surface area contributed by atoms with E-state index in [9.17, 15) is 22.0 Å². The lowest BCUT2D eigenvalue weighted by atomic mass is 10.1. The number of rotatable bonds is 1. The van der Waals surface area contributed by atoms with E-state index in [4.69, 9.17) is 0 Å². The van der Waals surface area contributed by atoms with E-state index in [1.54, 1.807) is 0 Å². The van der Waals surface area contributed by atoms with E-state index in [2.05, 4.69) is 0 Å². The van der Waals surface area contributed by atoms with Crippen molar-refractivity contribution in [1.82, 2.24) is 0 Å². The van der Waals surface area contributed by atoms with Gasteiger partial charge in [-0.3, -0.25) is 0 Å². The first-order valence-electron chi connectivity index (χ1n) is 3.58. The number of allylic oxidation sites excluding steroid dienone is 1. The van der Waals surface area contributed by atoms with Crippen molar-refractivity contribution in [2.75, 3.05) is 0 Å².